The van der Waals surface area contributed by atoms with E-state index in [0.29, 0.717) is 12.0 Å². The van der Waals surface area contributed by atoms with Crippen LogP contribution in [0, 0.1) is 9.49 Å². The molecule has 2 heteroatoms. The van der Waals surface area contributed by atoms with Crippen LogP contribution in [0.4, 0.5) is 0 Å². The molecule has 0 saturated carbocycles. The molecule has 0 aliphatic heterocycles. The summed E-state index contributed by atoms with van der Waals surface area (Å²) in [5.41, 5.74) is 11.6. The first kappa shape index (κ1) is 26.0. The molecular formula is C39H32IN. The van der Waals surface area contributed by atoms with E-state index in [-0.39, 0.29) is 0 Å². The van der Waals surface area contributed by atoms with Crippen LogP contribution in [0.2, 0.25) is 0 Å². The number of halogens is 1. The summed E-state index contributed by atoms with van der Waals surface area (Å²) in [7, 11) is 0. The number of para-hydroxylation sites is 1. The Balaban J connectivity index is 1.33. The van der Waals surface area contributed by atoms with Crippen molar-refractivity contribution < 1.29 is 0 Å². The van der Waals surface area contributed by atoms with Gasteiger partial charge in [-0.05, 0) is 110 Å². The molecule has 7 rings (SSSR count). The third-order valence-electron chi connectivity index (χ3n) is 8.56. The Labute approximate surface area is 256 Å². The number of nitrogens with zero attached hydrogens (tertiary/aromatic N) is 1. The van der Waals surface area contributed by atoms with Crippen molar-refractivity contribution in [2.24, 2.45) is 5.92 Å². The first-order chi connectivity index (χ1) is 20.1. The van der Waals surface area contributed by atoms with Crippen LogP contribution >= 0.6 is 22.6 Å². The number of rotatable bonds is 5. The van der Waals surface area contributed by atoms with Crippen molar-refractivity contribution in [3.8, 4) is 33.4 Å². The van der Waals surface area contributed by atoms with Gasteiger partial charge in [-0.2, -0.15) is 0 Å². The number of allylic oxidation sites excluding steroid dienone is 4. The monoisotopic (exact) mass is 641 g/mol. The maximum Gasteiger partial charge on any atom is 0.0585 e. The van der Waals surface area contributed by atoms with E-state index in [0.717, 1.165) is 6.42 Å². The molecule has 0 spiro atoms. The maximum atomic E-state index is 2.52. The summed E-state index contributed by atoms with van der Waals surface area (Å²) in [5, 5.41) is 2.62. The van der Waals surface area contributed by atoms with Gasteiger partial charge in [0.1, 0.15) is 0 Å². The Morgan fingerprint density at radius 1 is 0.610 bits per heavy atom. The average molecular weight is 642 g/mol. The summed E-state index contributed by atoms with van der Waals surface area (Å²) in [6.07, 6.45) is 10.0. The second kappa shape index (κ2) is 10.8. The molecule has 0 radical (unpaired) electrons. The third-order valence-corrected chi connectivity index (χ3v) is 9.51. The van der Waals surface area contributed by atoms with Gasteiger partial charge in [0.15, 0.2) is 0 Å². The first-order valence-corrected chi connectivity index (χ1v) is 15.6. The fourth-order valence-corrected chi connectivity index (χ4v) is 7.04. The zero-order chi connectivity index (χ0) is 27.9. The molecule has 1 nitrogen and oxygen atoms in total. The molecule has 5 aromatic carbocycles. The lowest BCUT2D eigenvalue weighted by atomic mass is 9.93. The van der Waals surface area contributed by atoms with Crippen molar-refractivity contribution in [2.75, 3.05) is 0 Å². The highest BCUT2D eigenvalue weighted by Gasteiger charge is 2.21. The van der Waals surface area contributed by atoms with Gasteiger partial charge in [-0.25, -0.2) is 0 Å². The van der Waals surface area contributed by atoms with Crippen LogP contribution in [0.1, 0.15) is 25.5 Å². The van der Waals surface area contributed by atoms with Crippen LogP contribution in [-0.2, 0) is 6.42 Å². The molecule has 1 aliphatic carbocycles. The molecule has 0 saturated heterocycles. The van der Waals surface area contributed by atoms with Gasteiger partial charge in [-0.15, -0.1) is 0 Å². The lowest BCUT2D eigenvalue weighted by Gasteiger charge is -2.24. The van der Waals surface area contributed by atoms with Gasteiger partial charge < -0.3 is 4.57 Å². The molecule has 0 amide bonds. The highest BCUT2D eigenvalue weighted by molar-refractivity contribution is 14.1. The minimum atomic E-state index is 0.310. The SMILES string of the molecule is CCc1ccccc1-c1cc(-c2cccc(-c3ccc4c(c3)c3ccccc3n4C3C=CC=CC3C)c2)ccc1I. The fraction of sp³-hybridized carbons (Fsp3) is 0.128. The Morgan fingerprint density at radius 2 is 1.29 bits per heavy atom. The molecule has 0 fully saturated rings. The molecule has 0 bridgehead atoms. The summed E-state index contributed by atoms with van der Waals surface area (Å²) < 4.78 is 3.81. The molecule has 6 aromatic rings. The Kier molecular flexibility index (Phi) is 6.88. The van der Waals surface area contributed by atoms with Gasteiger partial charge in [-0.1, -0.05) is 111 Å². The van der Waals surface area contributed by atoms with Crippen molar-refractivity contribution in [3.05, 3.63) is 143 Å². The minimum absolute atomic E-state index is 0.310. The fourth-order valence-electron chi connectivity index (χ4n) is 6.41. The molecule has 41 heavy (non-hydrogen) atoms. The topological polar surface area (TPSA) is 4.93 Å². The lowest BCUT2D eigenvalue weighted by molar-refractivity contribution is 0.510. The van der Waals surface area contributed by atoms with Gasteiger partial charge in [0, 0.05) is 25.4 Å². The predicted octanol–water partition coefficient (Wildman–Crippen LogP) is 11.3. The normalized spacial score (nSPS) is 16.6. The van der Waals surface area contributed by atoms with Crippen LogP contribution in [0.3, 0.4) is 0 Å². The van der Waals surface area contributed by atoms with E-state index < -0.39 is 0 Å². The molecule has 200 valence electrons. The second-order valence-electron chi connectivity index (χ2n) is 11.0. The summed E-state index contributed by atoms with van der Waals surface area (Å²) in [6, 6.07) is 40.8. The van der Waals surface area contributed by atoms with Gasteiger partial charge in [0.2, 0.25) is 0 Å². The van der Waals surface area contributed by atoms with Crippen molar-refractivity contribution in [1.29, 1.82) is 0 Å². The third kappa shape index (κ3) is 4.64. The highest BCUT2D eigenvalue weighted by atomic mass is 127. The molecule has 0 N–H and O–H groups in total. The quantitative estimate of drug-likeness (QED) is 0.165. The van der Waals surface area contributed by atoms with E-state index in [2.05, 4.69) is 175 Å². The van der Waals surface area contributed by atoms with E-state index in [9.17, 15) is 0 Å². The summed E-state index contributed by atoms with van der Waals surface area (Å²) in [6.45, 7) is 4.54. The lowest BCUT2D eigenvalue weighted by Crippen LogP contribution is -2.15. The largest absolute Gasteiger partial charge is 0.333 e. The van der Waals surface area contributed by atoms with Crippen LogP contribution in [0.25, 0.3) is 55.2 Å². The number of hydrogen-bond donors (Lipinski definition) is 0. The van der Waals surface area contributed by atoms with Crippen LogP contribution in [0.5, 0.6) is 0 Å². The van der Waals surface area contributed by atoms with Crippen LogP contribution < -0.4 is 0 Å². The Morgan fingerprint density at radius 3 is 2.12 bits per heavy atom. The van der Waals surface area contributed by atoms with Crippen molar-refractivity contribution >= 4 is 44.4 Å². The molecule has 2 atom stereocenters. The van der Waals surface area contributed by atoms with Gasteiger partial charge in [0.05, 0.1) is 6.04 Å². The smallest absolute Gasteiger partial charge is 0.0585 e. The molecular weight excluding hydrogens is 609 g/mol. The molecule has 1 heterocycles. The standard InChI is InChI=1S/C39H32IN/c1-3-27-12-5-6-15-32(27)34-24-30(19-21-36(34)40)28-13-10-14-29(23-28)31-20-22-39-35(25-31)33-16-7-9-18-38(33)41(39)37-17-8-4-11-26(37)2/h4-26,37H,3H2,1-2H3. The number of benzene rings is 5. The maximum absolute atomic E-state index is 2.52. The molecule has 2 unspecified atom stereocenters. The van der Waals surface area contributed by atoms with E-state index >= 15 is 0 Å². The summed E-state index contributed by atoms with van der Waals surface area (Å²) in [5.74, 6) is 0.443. The van der Waals surface area contributed by atoms with Crippen molar-refractivity contribution in [3.63, 3.8) is 0 Å². The number of hydrogen-bond acceptors (Lipinski definition) is 0. The van der Waals surface area contributed by atoms with Crippen molar-refractivity contribution in [1.82, 2.24) is 4.57 Å². The zero-order valence-electron chi connectivity index (χ0n) is 23.4. The second-order valence-corrected chi connectivity index (χ2v) is 12.2. The molecule has 1 aromatic heterocycles. The van der Waals surface area contributed by atoms with E-state index in [4.69, 9.17) is 0 Å². The summed E-state index contributed by atoms with van der Waals surface area (Å²) >= 11 is 2.47. The number of aromatic nitrogens is 1. The first-order valence-electron chi connectivity index (χ1n) is 14.5. The van der Waals surface area contributed by atoms with Gasteiger partial charge in [-0.3, -0.25) is 0 Å². The van der Waals surface area contributed by atoms with Crippen LogP contribution in [-0.4, -0.2) is 4.57 Å². The highest BCUT2D eigenvalue weighted by Crippen LogP contribution is 2.39. The molecule has 1 aliphatic rings. The van der Waals surface area contributed by atoms with E-state index in [1.54, 1.807) is 0 Å². The Hall–Kier alpha value is -3.89. The summed E-state index contributed by atoms with van der Waals surface area (Å²) in [4.78, 5) is 0. The van der Waals surface area contributed by atoms with Crippen molar-refractivity contribution in [2.45, 2.75) is 26.3 Å². The predicted molar refractivity (Wildman–Crippen MR) is 184 cm³/mol. The Bertz CT molecular complexity index is 1970. The number of aryl methyl sites for hydroxylation is 1. The van der Waals surface area contributed by atoms with E-state index in [1.165, 1.54) is 64.3 Å². The van der Waals surface area contributed by atoms with E-state index in [1.807, 2.05) is 0 Å². The van der Waals surface area contributed by atoms with Gasteiger partial charge >= 0.3 is 0 Å². The zero-order valence-corrected chi connectivity index (χ0v) is 25.5. The van der Waals surface area contributed by atoms with Crippen LogP contribution in [0.15, 0.2) is 133 Å². The average Bonchev–Trinajstić information content (AvgIpc) is 3.35. The minimum Gasteiger partial charge on any atom is -0.333 e. The number of fused-ring (bicyclic) bond motifs is 3. The van der Waals surface area contributed by atoms with Gasteiger partial charge in [0.25, 0.3) is 0 Å².